The van der Waals surface area contributed by atoms with Crippen molar-refractivity contribution >= 4 is 12.1 Å². The summed E-state index contributed by atoms with van der Waals surface area (Å²) in [7, 11) is 0. The molecule has 0 spiro atoms. The summed E-state index contributed by atoms with van der Waals surface area (Å²) in [5.41, 5.74) is -0.525. The fourth-order valence-corrected chi connectivity index (χ4v) is 1.91. The minimum Gasteiger partial charge on any atom is -0.466 e. The van der Waals surface area contributed by atoms with Gasteiger partial charge in [0, 0.05) is 0 Å². The smallest absolute Gasteiger partial charge is 0.408 e. The van der Waals surface area contributed by atoms with E-state index in [1.54, 1.807) is 6.92 Å². The van der Waals surface area contributed by atoms with E-state index in [4.69, 9.17) is 9.47 Å². The quantitative estimate of drug-likeness (QED) is 0.631. The molecule has 0 fully saturated rings. The third-order valence-corrected chi connectivity index (χ3v) is 2.65. The first-order chi connectivity index (χ1) is 8.81. The molecule has 5 heteroatoms. The lowest BCUT2D eigenvalue weighted by Gasteiger charge is -2.26. The zero-order chi connectivity index (χ0) is 14.5. The minimum atomic E-state index is -0.525. The van der Waals surface area contributed by atoms with Crippen LogP contribution in [0.15, 0.2) is 12.2 Å². The van der Waals surface area contributed by atoms with Gasteiger partial charge in [-0.25, -0.2) is 4.79 Å². The first-order valence-electron chi connectivity index (χ1n) is 6.64. The summed E-state index contributed by atoms with van der Waals surface area (Å²) >= 11 is 0. The summed E-state index contributed by atoms with van der Waals surface area (Å²) in [6, 6.07) is -0.182. The molecule has 0 bridgehead atoms. The van der Waals surface area contributed by atoms with Crippen LogP contribution < -0.4 is 5.32 Å². The number of hydrogen-bond donors (Lipinski definition) is 1. The Bertz CT molecular complexity index is 357. The van der Waals surface area contributed by atoms with Crippen molar-refractivity contribution in [2.75, 3.05) is 6.61 Å². The first-order valence-corrected chi connectivity index (χ1v) is 6.64. The maximum Gasteiger partial charge on any atom is 0.408 e. The Hall–Kier alpha value is -1.52. The number of alkyl carbamates (subject to hydrolysis) is 1. The molecular weight excluding hydrogens is 246 g/mol. The van der Waals surface area contributed by atoms with Crippen molar-refractivity contribution in [2.45, 2.75) is 52.2 Å². The van der Waals surface area contributed by atoms with Crippen molar-refractivity contribution in [2.24, 2.45) is 5.92 Å². The number of ether oxygens (including phenoxy) is 2. The van der Waals surface area contributed by atoms with Crippen LogP contribution in [0.4, 0.5) is 4.79 Å². The zero-order valence-corrected chi connectivity index (χ0v) is 12.1. The maximum absolute atomic E-state index is 11.7. The molecule has 1 aliphatic carbocycles. The van der Waals surface area contributed by atoms with Gasteiger partial charge in [0.1, 0.15) is 5.60 Å². The Morgan fingerprint density at radius 3 is 2.63 bits per heavy atom. The van der Waals surface area contributed by atoms with E-state index in [9.17, 15) is 9.59 Å². The van der Waals surface area contributed by atoms with Crippen molar-refractivity contribution in [1.29, 1.82) is 0 Å². The van der Waals surface area contributed by atoms with Gasteiger partial charge < -0.3 is 14.8 Å². The van der Waals surface area contributed by atoms with Crippen LogP contribution in [0.1, 0.15) is 40.5 Å². The predicted octanol–water partition coefficient (Wildman–Crippen LogP) is 2.41. The van der Waals surface area contributed by atoms with E-state index in [1.807, 2.05) is 32.9 Å². The molecule has 2 atom stereocenters. The molecule has 0 aromatic rings. The Morgan fingerprint density at radius 1 is 1.37 bits per heavy atom. The molecule has 1 N–H and O–H groups in total. The minimum absolute atomic E-state index is 0.182. The number of nitrogens with one attached hydrogen (secondary N) is 1. The lowest BCUT2D eigenvalue weighted by Crippen LogP contribution is -2.41. The standard InChI is InChI=1S/C14H23NO4/c1-5-18-12(16)10-7-6-8-11(9-10)15-13(17)19-14(2,3)4/h6,8,10-11H,5,7,9H2,1-4H3,(H,15,17)/t10-,11-/m0/s1. The van der Waals surface area contributed by atoms with Crippen molar-refractivity contribution in [3.63, 3.8) is 0 Å². The van der Waals surface area contributed by atoms with E-state index in [0.29, 0.717) is 19.4 Å². The molecule has 0 aromatic carbocycles. The van der Waals surface area contributed by atoms with Gasteiger partial charge in [0.25, 0.3) is 0 Å². The van der Waals surface area contributed by atoms with Crippen molar-refractivity contribution in [3.8, 4) is 0 Å². The van der Waals surface area contributed by atoms with Gasteiger partial charge in [-0.05, 0) is 40.5 Å². The molecule has 19 heavy (non-hydrogen) atoms. The van der Waals surface area contributed by atoms with E-state index in [-0.39, 0.29) is 17.9 Å². The lowest BCUT2D eigenvalue weighted by molar-refractivity contribution is -0.148. The van der Waals surface area contributed by atoms with E-state index in [0.717, 1.165) is 0 Å². The Kier molecular flexibility index (Phi) is 5.39. The van der Waals surface area contributed by atoms with Crippen LogP contribution >= 0.6 is 0 Å². The molecule has 0 unspecified atom stereocenters. The fraction of sp³-hybridized carbons (Fsp3) is 0.714. The molecule has 0 saturated heterocycles. The van der Waals surface area contributed by atoms with E-state index in [1.165, 1.54) is 0 Å². The molecule has 0 radical (unpaired) electrons. The van der Waals surface area contributed by atoms with Crippen LogP contribution in [-0.2, 0) is 14.3 Å². The van der Waals surface area contributed by atoms with Crippen molar-refractivity contribution < 1.29 is 19.1 Å². The normalized spacial score (nSPS) is 22.7. The molecule has 5 nitrogen and oxygen atoms in total. The van der Waals surface area contributed by atoms with Gasteiger partial charge in [-0.2, -0.15) is 0 Å². The largest absolute Gasteiger partial charge is 0.466 e. The Morgan fingerprint density at radius 2 is 2.05 bits per heavy atom. The zero-order valence-electron chi connectivity index (χ0n) is 12.1. The maximum atomic E-state index is 11.7. The second-order valence-electron chi connectivity index (χ2n) is 5.60. The Labute approximate surface area is 114 Å². The second kappa shape index (κ2) is 6.59. The molecule has 108 valence electrons. The van der Waals surface area contributed by atoms with Crippen LogP contribution in [0.3, 0.4) is 0 Å². The highest BCUT2D eigenvalue weighted by molar-refractivity contribution is 5.73. The number of carbonyl (C=O) groups is 2. The number of carbonyl (C=O) groups excluding carboxylic acids is 2. The van der Waals surface area contributed by atoms with Crippen LogP contribution in [0.5, 0.6) is 0 Å². The monoisotopic (exact) mass is 269 g/mol. The fourth-order valence-electron chi connectivity index (χ4n) is 1.91. The van der Waals surface area contributed by atoms with Gasteiger partial charge in [-0.15, -0.1) is 0 Å². The number of amides is 1. The van der Waals surface area contributed by atoms with Gasteiger partial charge in [0.2, 0.25) is 0 Å². The molecular formula is C14H23NO4. The van der Waals surface area contributed by atoms with Crippen molar-refractivity contribution in [1.82, 2.24) is 5.32 Å². The summed E-state index contributed by atoms with van der Waals surface area (Å²) < 4.78 is 10.2. The highest BCUT2D eigenvalue weighted by Gasteiger charge is 2.27. The highest BCUT2D eigenvalue weighted by Crippen LogP contribution is 2.20. The second-order valence-corrected chi connectivity index (χ2v) is 5.60. The average molecular weight is 269 g/mol. The highest BCUT2D eigenvalue weighted by atomic mass is 16.6. The Balaban J connectivity index is 2.47. The predicted molar refractivity (Wildman–Crippen MR) is 71.7 cm³/mol. The molecule has 1 rings (SSSR count). The van der Waals surface area contributed by atoms with Gasteiger partial charge in [0.05, 0.1) is 18.6 Å². The van der Waals surface area contributed by atoms with Crippen LogP contribution in [0, 0.1) is 5.92 Å². The summed E-state index contributed by atoms with van der Waals surface area (Å²) in [6.45, 7) is 7.59. The average Bonchev–Trinajstić information content (AvgIpc) is 2.27. The van der Waals surface area contributed by atoms with E-state index >= 15 is 0 Å². The summed E-state index contributed by atoms with van der Waals surface area (Å²) in [5, 5.41) is 2.75. The summed E-state index contributed by atoms with van der Waals surface area (Å²) in [5.74, 6) is -0.396. The molecule has 0 saturated carbocycles. The van der Waals surface area contributed by atoms with Gasteiger partial charge in [-0.3, -0.25) is 4.79 Å². The van der Waals surface area contributed by atoms with Crippen LogP contribution in [0.25, 0.3) is 0 Å². The third kappa shape index (κ3) is 5.77. The molecule has 0 aliphatic heterocycles. The van der Waals surface area contributed by atoms with Crippen LogP contribution in [0.2, 0.25) is 0 Å². The number of allylic oxidation sites excluding steroid dienone is 1. The number of rotatable bonds is 3. The molecule has 0 aromatic heterocycles. The third-order valence-electron chi connectivity index (χ3n) is 2.65. The molecule has 0 heterocycles. The lowest BCUT2D eigenvalue weighted by atomic mass is 9.91. The van der Waals surface area contributed by atoms with Crippen LogP contribution in [-0.4, -0.2) is 30.3 Å². The summed E-state index contributed by atoms with van der Waals surface area (Å²) in [6.07, 6.45) is 4.53. The molecule has 1 amide bonds. The van der Waals surface area contributed by atoms with Gasteiger partial charge >= 0.3 is 12.1 Å². The summed E-state index contributed by atoms with van der Waals surface area (Å²) in [4.78, 5) is 23.3. The van der Waals surface area contributed by atoms with E-state index < -0.39 is 11.7 Å². The first kappa shape index (κ1) is 15.5. The van der Waals surface area contributed by atoms with Gasteiger partial charge in [-0.1, -0.05) is 12.2 Å². The van der Waals surface area contributed by atoms with Gasteiger partial charge in [0.15, 0.2) is 0 Å². The van der Waals surface area contributed by atoms with Crippen molar-refractivity contribution in [3.05, 3.63) is 12.2 Å². The topological polar surface area (TPSA) is 64.6 Å². The number of esters is 1. The number of hydrogen-bond acceptors (Lipinski definition) is 4. The molecule has 1 aliphatic rings. The SMILES string of the molecule is CCOC(=O)[C@H]1CC=C[C@H](NC(=O)OC(C)(C)C)C1. The van der Waals surface area contributed by atoms with E-state index in [2.05, 4.69) is 5.32 Å².